The summed E-state index contributed by atoms with van der Waals surface area (Å²) < 4.78 is 5.82. The SMILES string of the molecule is Cc1cc(O[C@H](C)C(=O)Nc2ccccc2C(=O)N[C@@H](C)c2ccccc2)cc(C)c1Cl. The second kappa shape index (κ2) is 10.3. The van der Waals surface area contributed by atoms with Crippen molar-refractivity contribution >= 4 is 29.1 Å². The number of carbonyl (C=O) groups is 2. The average Bonchev–Trinajstić information content (AvgIpc) is 2.78. The van der Waals surface area contributed by atoms with E-state index in [0.717, 1.165) is 16.7 Å². The Morgan fingerprint density at radius 1 is 0.906 bits per heavy atom. The molecule has 2 N–H and O–H groups in total. The van der Waals surface area contributed by atoms with E-state index in [1.54, 1.807) is 43.3 Å². The molecule has 166 valence electrons. The van der Waals surface area contributed by atoms with Crippen molar-refractivity contribution in [1.29, 1.82) is 0 Å². The van der Waals surface area contributed by atoms with Crippen LogP contribution in [0.2, 0.25) is 5.02 Å². The van der Waals surface area contributed by atoms with E-state index < -0.39 is 6.10 Å². The summed E-state index contributed by atoms with van der Waals surface area (Å²) in [6, 6.07) is 20.0. The zero-order valence-electron chi connectivity index (χ0n) is 18.6. The number of halogens is 1. The summed E-state index contributed by atoms with van der Waals surface area (Å²) >= 11 is 6.21. The molecule has 0 aliphatic rings. The van der Waals surface area contributed by atoms with E-state index in [9.17, 15) is 9.59 Å². The maximum atomic E-state index is 12.9. The highest BCUT2D eigenvalue weighted by molar-refractivity contribution is 6.32. The van der Waals surface area contributed by atoms with Crippen molar-refractivity contribution in [3.05, 3.63) is 94.0 Å². The van der Waals surface area contributed by atoms with Crippen molar-refractivity contribution in [3.8, 4) is 5.75 Å². The molecule has 2 amide bonds. The molecule has 0 spiro atoms. The van der Waals surface area contributed by atoms with Crippen LogP contribution in [0.3, 0.4) is 0 Å². The molecule has 0 heterocycles. The lowest BCUT2D eigenvalue weighted by Crippen LogP contribution is -2.32. The quantitative estimate of drug-likeness (QED) is 0.474. The minimum absolute atomic E-state index is 0.175. The van der Waals surface area contributed by atoms with Gasteiger partial charge in [0.1, 0.15) is 5.75 Å². The summed E-state index contributed by atoms with van der Waals surface area (Å²) in [5.74, 6) is -0.0591. The van der Waals surface area contributed by atoms with Crippen molar-refractivity contribution in [2.75, 3.05) is 5.32 Å². The Bertz CT molecular complexity index is 1090. The number of para-hydroxylation sites is 1. The summed E-state index contributed by atoms with van der Waals surface area (Å²) in [4.78, 5) is 25.7. The highest BCUT2D eigenvalue weighted by Crippen LogP contribution is 2.27. The summed E-state index contributed by atoms with van der Waals surface area (Å²) in [5, 5.41) is 6.47. The number of carbonyl (C=O) groups excluding carboxylic acids is 2. The average molecular weight is 451 g/mol. The fraction of sp³-hybridized carbons (Fsp3) is 0.231. The first-order valence-electron chi connectivity index (χ1n) is 10.5. The van der Waals surface area contributed by atoms with Gasteiger partial charge in [0.05, 0.1) is 17.3 Å². The molecule has 0 saturated heterocycles. The lowest BCUT2D eigenvalue weighted by atomic mass is 10.1. The molecule has 0 unspecified atom stereocenters. The Kier molecular flexibility index (Phi) is 7.54. The van der Waals surface area contributed by atoms with Gasteiger partial charge in [0.25, 0.3) is 11.8 Å². The van der Waals surface area contributed by atoms with E-state index in [1.165, 1.54) is 0 Å². The number of hydrogen-bond acceptors (Lipinski definition) is 3. The number of hydrogen-bond donors (Lipinski definition) is 2. The first-order valence-corrected chi connectivity index (χ1v) is 10.8. The van der Waals surface area contributed by atoms with Crippen LogP contribution in [-0.4, -0.2) is 17.9 Å². The van der Waals surface area contributed by atoms with Gasteiger partial charge in [0.2, 0.25) is 0 Å². The predicted molar refractivity (Wildman–Crippen MR) is 128 cm³/mol. The molecule has 0 aliphatic heterocycles. The first kappa shape index (κ1) is 23.4. The van der Waals surface area contributed by atoms with E-state index in [4.69, 9.17) is 16.3 Å². The molecule has 0 radical (unpaired) electrons. The number of rotatable bonds is 7. The van der Waals surface area contributed by atoms with Gasteiger partial charge >= 0.3 is 0 Å². The number of anilines is 1. The highest BCUT2D eigenvalue weighted by Gasteiger charge is 2.20. The normalized spacial score (nSPS) is 12.5. The predicted octanol–water partition coefficient (Wildman–Crippen LogP) is 5.85. The van der Waals surface area contributed by atoms with Crippen molar-refractivity contribution in [3.63, 3.8) is 0 Å². The summed E-state index contributed by atoms with van der Waals surface area (Å²) in [7, 11) is 0. The van der Waals surface area contributed by atoms with Crippen LogP contribution in [0.5, 0.6) is 5.75 Å². The summed E-state index contributed by atoms with van der Waals surface area (Å²) in [5.41, 5.74) is 3.56. The van der Waals surface area contributed by atoms with Gasteiger partial charge in [-0.2, -0.15) is 0 Å². The molecule has 0 fully saturated rings. The highest BCUT2D eigenvalue weighted by atomic mass is 35.5. The molecule has 0 bridgehead atoms. The second-order valence-electron chi connectivity index (χ2n) is 7.77. The van der Waals surface area contributed by atoms with Crippen molar-refractivity contribution in [1.82, 2.24) is 5.32 Å². The van der Waals surface area contributed by atoms with Crippen LogP contribution in [0.1, 0.15) is 46.9 Å². The van der Waals surface area contributed by atoms with E-state index >= 15 is 0 Å². The van der Waals surface area contributed by atoms with Crippen LogP contribution in [0, 0.1) is 13.8 Å². The summed E-state index contributed by atoms with van der Waals surface area (Å²) in [6.45, 7) is 7.35. The lowest BCUT2D eigenvalue weighted by molar-refractivity contribution is -0.122. The zero-order chi connectivity index (χ0) is 23.3. The second-order valence-corrected chi connectivity index (χ2v) is 8.15. The van der Waals surface area contributed by atoms with Crippen molar-refractivity contribution in [2.45, 2.75) is 39.8 Å². The van der Waals surface area contributed by atoms with E-state index in [2.05, 4.69) is 10.6 Å². The van der Waals surface area contributed by atoms with Crippen LogP contribution in [0.25, 0.3) is 0 Å². The van der Waals surface area contributed by atoms with E-state index in [-0.39, 0.29) is 17.9 Å². The maximum Gasteiger partial charge on any atom is 0.265 e. The molecule has 32 heavy (non-hydrogen) atoms. The van der Waals surface area contributed by atoms with Crippen LogP contribution in [-0.2, 0) is 4.79 Å². The molecule has 3 aromatic carbocycles. The number of ether oxygens (including phenoxy) is 1. The van der Waals surface area contributed by atoms with Gasteiger partial charge in [-0.1, -0.05) is 54.1 Å². The fourth-order valence-electron chi connectivity index (χ4n) is 3.36. The Morgan fingerprint density at radius 2 is 1.50 bits per heavy atom. The Hall–Kier alpha value is -3.31. The molecular formula is C26H27ClN2O3. The van der Waals surface area contributed by atoms with Gasteiger partial charge in [-0.05, 0) is 68.7 Å². The van der Waals surface area contributed by atoms with Crippen LogP contribution < -0.4 is 15.4 Å². The van der Waals surface area contributed by atoms with Crippen molar-refractivity contribution < 1.29 is 14.3 Å². The molecule has 5 nitrogen and oxygen atoms in total. The van der Waals surface area contributed by atoms with Crippen LogP contribution in [0.15, 0.2) is 66.7 Å². The molecule has 6 heteroatoms. The topological polar surface area (TPSA) is 67.4 Å². The Labute approximate surface area is 193 Å². The first-order chi connectivity index (χ1) is 15.3. The number of amides is 2. The molecule has 0 aliphatic carbocycles. The smallest absolute Gasteiger partial charge is 0.265 e. The summed E-state index contributed by atoms with van der Waals surface area (Å²) in [6.07, 6.45) is -0.769. The minimum atomic E-state index is -0.769. The third-order valence-corrected chi connectivity index (χ3v) is 5.76. The minimum Gasteiger partial charge on any atom is -0.481 e. The fourth-order valence-corrected chi connectivity index (χ4v) is 3.46. The van der Waals surface area contributed by atoms with E-state index in [0.29, 0.717) is 22.0 Å². The largest absolute Gasteiger partial charge is 0.481 e. The number of nitrogens with one attached hydrogen (secondary N) is 2. The number of aryl methyl sites for hydroxylation is 2. The van der Waals surface area contributed by atoms with Gasteiger partial charge in [-0.25, -0.2) is 0 Å². The molecule has 3 rings (SSSR count). The Morgan fingerprint density at radius 3 is 2.16 bits per heavy atom. The third-order valence-electron chi connectivity index (χ3n) is 5.17. The van der Waals surface area contributed by atoms with Crippen LogP contribution in [0.4, 0.5) is 5.69 Å². The zero-order valence-corrected chi connectivity index (χ0v) is 19.4. The van der Waals surface area contributed by atoms with Crippen LogP contribution >= 0.6 is 11.6 Å². The third kappa shape index (κ3) is 5.68. The van der Waals surface area contributed by atoms with Gasteiger partial charge in [-0.15, -0.1) is 0 Å². The molecule has 2 atom stereocenters. The standard InChI is InChI=1S/C26H27ClN2O3/c1-16-14-21(15-17(2)24(16)27)32-19(4)25(30)29-23-13-9-8-12-22(23)26(31)28-18(3)20-10-6-5-7-11-20/h5-15,18-19H,1-4H3,(H,28,31)(H,29,30)/t18-,19+/m0/s1. The lowest BCUT2D eigenvalue weighted by Gasteiger charge is -2.19. The molecular weight excluding hydrogens is 424 g/mol. The monoisotopic (exact) mass is 450 g/mol. The Balaban J connectivity index is 1.70. The number of benzene rings is 3. The molecule has 3 aromatic rings. The molecule has 0 aromatic heterocycles. The van der Waals surface area contributed by atoms with Gasteiger partial charge < -0.3 is 15.4 Å². The molecule has 0 saturated carbocycles. The van der Waals surface area contributed by atoms with Gasteiger partial charge in [-0.3, -0.25) is 9.59 Å². The van der Waals surface area contributed by atoms with E-state index in [1.807, 2.05) is 51.1 Å². The van der Waals surface area contributed by atoms with Crippen molar-refractivity contribution in [2.24, 2.45) is 0 Å². The van der Waals surface area contributed by atoms with Gasteiger partial charge in [0.15, 0.2) is 6.10 Å². The maximum absolute atomic E-state index is 12.9. The van der Waals surface area contributed by atoms with Gasteiger partial charge in [0, 0.05) is 5.02 Å².